The predicted molar refractivity (Wildman–Crippen MR) is 154 cm³/mol. The predicted octanol–water partition coefficient (Wildman–Crippen LogP) is 6.46. The van der Waals surface area contributed by atoms with E-state index in [1.807, 2.05) is 42.5 Å². The molecule has 0 radical (unpaired) electrons. The molecule has 202 valence electrons. The van der Waals surface area contributed by atoms with Crippen LogP contribution in [0.25, 0.3) is 11.4 Å². The average molecular weight is 523 g/mol. The van der Waals surface area contributed by atoms with Crippen LogP contribution in [0, 0.1) is 12.8 Å². The number of aromatic nitrogens is 2. The molecule has 1 amide bonds. The molecule has 1 saturated heterocycles. The van der Waals surface area contributed by atoms with Gasteiger partial charge < -0.3 is 9.84 Å². The summed E-state index contributed by atoms with van der Waals surface area (Å²) in [5, 5.41) is 7.59. The highest BCUT2D eigenvalue weighted by Gasteiger charge is 2.29. The molecule has 2 heterocycles. The van der Waals surface area contributed by atoms with Crippen molar-refractivity contribution >= 4 is 5.91 Å². The van der Waals surface area contributed by atoms with Crippen molar-refractivity contribution in [1.29, 1.82) is 0 Å². The Morgan fingerprint density at radius 1 is 1.03 bits per heavy atom. The molecular weight excluding hydrogens is 484 g/mol. The van der Waals surface area contributed by atoms with Gasteiger partial charge in [0.2, 0.25) is 17.6 Å². The van der Waals surface area contributed by atoms with E-state index in [-0.39, 0.29) is 23.3 Å². The van der Waals surface area contributed by atoms with Crippen molar-refractivity contribution < 1.29 is 9.32 Å². The molecular formula is C33H38N4O2. The van der Waals surface area contributed by atoms with Gasteiger partial charge in [0, 0.05) is 12.1 Å². The first-order chi connectivity index (χ1) is 18.8. The van der Waals surface area contributed by atoms with E-state index in [0.717, 1.165) is 41.6 Å². The fourth-order valence-electron chi connectivity index (χ4n) is 5.32. The number of nitrogens with one attached hydrogen (secondary N) is 1. The lowest BCUT2D eigenvalue weighted by molar-refractivity contribution is -0.127. The Morgan fingerprint density at radius 2 is 1.74 bits per heavy atom. The van der Waals surface area contributed by atoms with Crippen molar-refractivity contribution in [3.63, 3.8) is 0 Å². The van der Waals surface area contributed by atoms with Gasteiger partial charge in [-0.2, -0.15) is 4.98 Å². The Labute approximate surface area is 231 Å². The van der Waals surface area contributed by atoms with Crippen LogP contribution in [0.3, 0.4) is 0 Å². The molecule has 4 aromatic rings. The Hall–Kier alpha value is -3.77. The molecule has 1 aliphatic heterocycles. The van der Waals surface area contributed by atoms with Crippen LogP contribution in [0.15, 0.2) is 83.4 Å². The lowest BCUT2D eigenvalue weighted by Gasteiger charge is -2.32. The summed E-state index contributed by atoms with van der Waals surface area (Å²) in [7, 11) is 0. The number of hydrogen-bond acceptors (Lipinski definition) is 5. The zero-order valence-electron chi connectivity index (χ0n) is 23.4. The number of aryl methyl sites for hydroxylation is 1. The van der Waals surface area contributed by atoms with Gasteiger partial charge in [0.15, 0.2) is 0 Å². The van der Waals surface area contributed by atoms with Crippen LogP contribution in [0.1, 0.15) is 67.8 Å². The molecule has 2 unspecified atom stereocenters. The Balaban J connectivity index is 1.25. The van der Waals surface area contributed by atoms with Crippen LogP contribution >= 0.6 is 0 Å². The monoisotopic (exact) mass is 522 g/mol. The van der Waals surface area contributed by atoms with Gasteiger partial charge in [0.05, 0.1) is 18.5 Å². The summed E-state index contributed by atoms with van der Waals surface area (Å²) in [5.41, 5.74) is 5.68. The standard InChI is InChI=1S/C33H38N4O2/c1-23-11-8-9-15-28(23)30(24-12-6-5-7-13-24)35-32(38)26-14-10-20-37(21-26)22-29-34-31(36-39-29)25-16-18-27(19-17-25)33(2,3)4/h5-9,11-13,15-19,26,30H,10,14,20-22H2,1-4H3,(H,35,38). The summed E-state index contributed by atoms with van der Waals surface area (Å²) >= 11 is 0. The Morgan fingerprint density at radius 3 is 2.46 bits per heavy atom. The third kappa shape index (κ3) is 6.45. The highest BCUT2D eigenvalue weighted by atomic mass is 16.5. The summed E-state index contributed by atoms with van der Waals surface area (Å²) in [4.78, 5) is 20.5. The molecule has 1 aromatic heterocycles. The molecule has 1 aliphatic rings. The second-order valence-electron chi connectivity index (χ2n) is 11.6. The van der Waals surface area contributed by atoms with Gasteiger partial charge in [0.25, 0.3) is 0 Å². The molecule has 1 fully saturated rings. The highest BCUT2D eigenvalue weighted by molar-refractivity contribution is 5.80. The summed E-state index contributed by atoms with van der Waals surface area (Å²) < 4.78 is 5.61. The van der Waals surface area contributed by atoms with E-state index in [0.29, 0.717) is 24.8 Å². The molecule has 5 rings (SSSR count). The molecule has 6 nitrogen and oxygen atoms in total. The van der Waals surface area contributed by atoms with Gasteiger partial charge in [-0.15, -0.1) is 0 Å². The van der Waals surface area contributed by atoms with Crippen LogP contribution in [0.4, 0.5) is 0 Å². The second-order valence-corrected chi connectivity index (χ2v) is 11.6. The fourth-order valence-corrected chi connectivity index (χ4v) is 5.32. The van der Waals surface area contributed by atoms with Crippen LogP contribution in [-0.4, -0.2) is 34.0 Å². The number of hydrogen-bond donors (Lipinski definition) is 1. The van der Waals surface area contributed by atoms with Gasteiger partial charge in [-0.05, 0) is 54.0 Å². The first-order valence-electron chi connectivity index (χ1n) is 13.8. The summed E-state index contributed by atoms with van der Waals surface area (Å²) in [6.45, 7) is 10.8. The largest absolute Gasteiger partial charge is 0.345 e. The molecule has 3 aromatic carbocycles. The number of piperidine rings is 1. The molecule has 2 atom stereocenters. The quantitative estimate of drug-likeness (QED) is 0.302. The maximum Gasteiger partial charge on any atom is 0.241 e. The number of amides is 1. The maximum atomic E-state index is 13.6. The molecule has 1 N–H and O–H groups in total. The van der Waals surface area contributed by atoms with E-state index < -0.39 is 0 Å². The molecule has 6 heteroatoms. The lowest BCUT2D eigenvalue weighted by atomic mass is 9.87. The van der Waals surface area contributed by atoms with Crippen molar-refractivity contribution in [3.05, 3.63) is 107 Å². The number of rotatable bonds is 7. The molecule has 0 spiro atoms. The number of benzene rings is 3. The zero-order valence-corrected chi connectivity index (χ0v) is 23.4. The van der Waals surface area contributed by atoms with E-state index in [9.17, 15) is 4.79 Å². The van der Waals surface area contributed by atoms with E-state index in [1.54, 1.807) is 0 Å². The van der Waals surface area contributed by atoms with Crippen molar-refractivity contribution in [1.82, 2.24) is 20.4 Å². The van der Waals surface area contributed by atoms with Gasteiger partial charge in [-0.1, -0.05) is 105 Å². The molecule has 0 bridgehead atoms. The summed E-state index contributed by atoms with van der Waals surface area (Å²) in [6.07, 6.45) is 1.82. The van der Waals surface area contributed by atoms with Crippen molar-refractivity contribution in [3.8, 4) is 11.4 Å². The maximum absolute atomic E-state index is 13.6. The Kier molecular flexibility index (Phi) is 7.94. The van der Waals surface area contributed by atoms with Crippen LogP contribution in [0.5, 0.6) is 0 Å². The number of carbonyl (C=O) groups excluding carboxylic acids is 1. The van der Waals surface area contributed by atoms with E-state index in [2.05, 4.69) is 84.5 Å². The topological polar surface area (TPSA) is 71.3 Å². The van der Waals surface area contributed by atoms with Gasteiger partial charge in [0.1, 0.15) is 0 Å². The number of likely N-dealkylation sites (tertiary alicyclic amines) is 1. The third-order valence-corrected chi connectivity index (χ3v) is 7.63. The van der Waals surface area contributed by atoms with Crippen LogP contribution < -0.4 is 5.32 Å². The summed E-state index contributed by atoms with van der Waals surface area (Å²) in [6, 6.07) is 26.6. The average Bonchev–Trinajstić information content (AvgIpc) is 3.41. The molecule has 0 aliphatic carbocycles. The first kappa shape index (κ1) is 26.8. The van der Waals surface area contributed by atoms with E-state index >= 15 is 0 Å². The highest BCUT2D eigenvalue weighted by Crippen LogP contribution is 2.28. The van der Waals surface area contributed by atoms with Crippen molar-refractivity contribution in [2.45, 2.75) is 58.5 Å². The normalized spacial score (nSPS) is 17.1. The fraction of sp³-hybridized carbons (Fsp3) is 0.364. The Bertz CT molecular complexity index is 1390. The van der Waals surface area contributed by atoms with E-state index in [1.165, 1.54) is 5.56 Å². The minimum absolute atomic E-state index is 0.0852. The van der Waals surface area contributed by atoms with Crippen molar-refractivity contribution in [2.75, 3.05) is 13.1 Å². The van der Waals surface area contributed by atoms with E-state index in [4.69, 9.17) is 4.52 Å². The van der Waals surface area contributed by atoms with Crippen LogP contribution in [0.2, 0.25) is 0 Å². The minimum atomic E-state index is -0.182. The minimum Gasteiger partial charge on any atom is -0.345 e. The number of nitrogens with zero attached hydrogens (tertiary/aromatic N) is 3. The SMILES string of the molecule is Cc1ccccc1C(NC(=O)C1CCCN(Cc2nc(-c3ccc(C(C)(C)C)cc3)no2)C1)c1ccccc1. The van der Waals surface area contributed by atoms with Gasteiger partial charge >= 0.3 is 0 Å². The molecule has 0 saturated carbocycles. The summed E-state index contributed by atoms with van der Waals surface area (Å²) in [5.74, 6) is 1.16. The zero-order chi connectivity index (χ0) is 27.4. The smallest absolute Gasteiger partial charge is 0.241 e. The lowest BCUT2D eigenvalue weighted by Crippen LogP contribution is -2.44. The molecule has 39 heavy (non-hydrogen) atoms. The van der Waals surface area contributed by atoms with Crippen molar-refractivity contribution in [2.24, 2.45) is 5.92 Å². The van der Waals surface area contributed by atoms with Gasteiger partial charge in [-0.3, -0.25) is 9.69 Å². The third-order valence-electron chi connectivity index (χ3n) is 7.63. The van der Waals surface area contributed by atoms with Crippen LogP contribution in [-0.2, 0) is 16.8 Å². The number of carbonyl (C=O) groups is 1. The first-order valence-corrected chi connectivity index (χ1v) is 13.8. The second kappa shape index (κ2) is 11.5. The van der Waals surface area contributed by atoms with Gasteiger partial charge in [-0.25, -0.2) is 0 Å².